The maximum atomic E-state index is 13.9. The number of hydrogen-bond donors (Lipinski definition) is 1. The number of pyridine rings is 1. The Morgan fingerprint density at radius 3 is 2.54 bits per heavy atom. The van der Waals surface area contributed by atoms with E-state index in [0.717, 1.165) is 64.2 Å². The van der Waals surface area contributed by atoms with Gasteiger partial charge in [-0.05, 0) is 61.4 Å². The second kappa shape index (κ2) is 8.87. The summed E-state index contributed by atoms with van der Waals surface area (Å²) in [5.41, 5.74) is 5.23. The number of carbonyl (C=O) groups excluding carboxylic acids is 1. The van der Waals surface area contributed by atoms with E-state index in [1.54, 1.807) is 7.11 Å². The first-order chi connectivity index (χ1) is 17.2. The predicted molar refractivity (Wildman–Crippen MR) is 138 cm³/mol. The lowest BCUT2D eigenvalue weighted by atomic mass is 9.96. The minimum absolute atomic E-state index is 0.0409. The molecule has 3 heterocycles. The molecule has 1 atom stereocenters. The summed E-state index contributed by atoms with van der Waals surface area (Å²) in [6.07, 6.45) is 1.96. The Morgan fingerprint density at radius 2 is 1.74 bits per heavy atom. The zero-order valence-corrected chi connectivity index (χ0v) is 19.6. The number of piperidine rings is 1. The van der Waals surface area contributed by atoms with Gasteiger partial charge in [0.1, 0.15) is 11.6 Å². The highest BCUT2D eigenvalue weighted by molar-refractivity contribution is 6.07. The van der Waals surface area contributed by atoms with Crippen molar-refractivity contribution in [3.05, 3.63) is 90.3 Å². The van der Waals surface area contributed by atoms with Gasteiger partial charge in [-0.3, -0.25) is 4.79 Å². The molecule has 1 saturated heterocycles. The molecule has 1 fully saturated rings. The molecule has 0 spiro atoms. The van der Waals surface area contributed by atoms with Gasteiger partial charge < -0.3 is 14.6 Å². The summed E-state index contributed by atoms with van der Waals surface area (Å²) in [7, 11) is 1.65. The third-order valence-corrected chi connectivity index (χ3v) is 6.84. The number of carbonyl (C=O) groups is 1. The highest BCUT2D eigenvalue weighted by atomic mass is 16.5. The number of ether oxygens (including phenoxy) is 1. The molecule has 0 aliphatic carbocycles. The molecule has 6 rings (SSSR count). The minimum Gasteiger partial charge on any atom is -0.497 e. The molecule has 1 aliphatic heterocycles. The van der Waals surface area contributed by atoms with Gasteiger partial charge in [0.05, 0.1) is 34.9 Å². The van der Waals surface area contributed by atoms with E-state index in [1.165, 1.54) is 0 Å². The number of benzene rings is 3. The number of nitrogens with zero attached hydrogens (tertiary/aromatic N) is 3. The van der Waals surface area contributed by atoms with Crippen molar-refractivity contribution in [2.24, 2.45) is 0 Å². The summed E-state index contributed by atoms with van der Waals surface area (Å²) < 4.78 is 5.29. The summed E-state index contributed by atoms with van der Waals surface area (Å²) in [5, 5.41) is 0.876. The van der Waals surface area contributed by atoms with E-state index >= 15 is 0 Å². The van der Waals surface area contributed by atoms with Crippen LogP contribution in [0.2, 0.25) is 0 Å². The van der Waals surface area contributed by atoms with Gasteiger partial charge in [-0.1, -0.05) is 30.3 Å². The predicted octanol–water partition coefficient (Wildman–Crippen LogP) is 5.81. The number of hydrogen-bond acceptors (Lipinski definition) is 4. The van der Waals surface area contributed by atoms with Gasteiger partial charge in [0.25, 0.3) is 5.91 Å². The molecule has 1 N–H and O–H groups in total. The summed E-state index contributed by atoms with van der Waals surface area (Å²) in [5.74, 6) is 1.98. The van der Waals surface area contributed by atoms with E-state index in [0.29, 0.717) is 12.1 Å². The van der Waals surface area contributed by atoms with Crippen LogP contribution in [0, 0.1) is 0 Å². The number of imidazole rings is 1. The van der Waals surface area contributed by atoms with Crippen molar-refractivity contribution in [2.45, 2.75) is 18.8 Å². The normalized spacial score (nSPS) is 16.0. The molecule has 5 aromatic rings. The van der Waals surface area contributed by atoms with Crippen LogP contribution in [0.3, 0.4) is 0 Å². The Labute approximate surface area is 203 Å². The van der Waals surface area contributed by atoms with Crippen LogP contribution in [0.4, 0.5) is 0 Å². The highest BCUT2D eigenvalue weighted by Gasteiger charge is 2.28. The number of fused-ring (bicyclic) bond motifs is 2. The molecular formula is C29H26N4O2. The molecule has 0 bridgehead atoms. The van der Waals surface area contributed by atoms with Crippen molar-refractivity contribution >= 4 is 27.8 Å². The average Bonchev–Trinajstić information content (AvgIpc) is 3.37. The number of para-hydroxylation sites is 3. The Bertz CT molecular complexity index is 1490. The first kappa shape index (κ1) is 21.4. The van der Waals surface area contributed by atoms with Crippen LogP contribution < -0.4 is 4.74 Å². The fraction of sp³-hybridized carbons (Fsp3) is 0.207. The van der Waals surface area contributed by atoms with Gasteiger partial charge >= 0.3 is 0 Å². The fourth-order valence-electron chi connectivity index (χ4n) is 4.98. The Kier molecular flexibility index (Phi) is 5.41. The lowest BCUT2D eigenvalue weighted by Gasteiger charge is -2.32. The average molecular weight is 463 g/mol. The molecule has 0 saturated carbocycles. The summed E-state index contributed by atoms with van der Waals surface area (Å²) in [4.78, 5) is 29.0. The maximum absolute atomic E-state index is 13.9. The van der Waals surface area contributed by atoms with Gasteiger partial charge in [0, 0.05) is 30.0 Å². The molecule has 2 aromatic heterocycles. The number of rotatable bonds is 4. The van der Waals surface area contributed by atoms with Crippen LogP contribution in [-0.4, -0.2) is 46.0 Å². The quantitative estimate of drug-likeness (QED) is 0.366. The van der Waals surface area contributed by atoms with Gasteiger partial charge in [-0.25, -0.2) is 9.97 Å². The number of aromatic nitrogens is 3. The van der Waals surface area contributed by atoms with E-state index in [2.05, 4.69) is 4.98 Å². The van der Waals surface area contributed by atoms with Crippen molar-refractivity contribution < 1.29 is 9.53 Å². The van der Waals surface area contributed by atoms with E-state index in [4.69, 9.17) is 14.7 Å². The molecule has 0 radical (unpaired) electrons. The van der Waals surface area contributed by atoms with E-state index in [9.17, 15) is 4.79 Å². The Balaban J connectivity index is 1.34. The SMILES string of the molecule is COc1ccc(-c2cc(C(=O)N3CCC[C@@H](c4nc5ccccc5[nH]4)C3)c3ccccc3n2)cc1. The van der Waals surface area contributed by atoms with Crippen molar-refractivity contribution in [3.8, 4) is 17.0 Å². The number of H-pyrrole nitrogens is 1. The minimum atomic E-state index is 0.0409. The van der Waals surface area contributed by atoms with E-state index in [-0.39, 0.29) is 11.8 Å². The number of amides is 1. The van der Waals surface area contributed by atoms with Crippen molar-refractivity contribution in [2.75, 3.05) is 20.2 Å². The van der Waals surface area contributed by atoms with E-state index < -0.39 is 0 Å². The van der Waals surface area contributed by atoms with Gasteiger partial charge in [0.2, 0.25) is 0 Å². The number of aromatic amines is 1. The zero-order chi connectivity index (χ0) is 23.8. The van der Waals surface area contributed by atoms with Gasteiger partial charge in [0.15, 0.2) is 0 Å². The van der Waals surface area contributed by atoms with Crippen LogP contribution in [0.25, 0.3) is 33.2 Å². The molecule has 35 heavy (non-hydrogen) atoms. The zero-order valence-electron chi connectivity index (χ0n) is 19.6. The number of likely N-dealkylation sites (tertiary alicyclic amines) is 1. The highest BCUT2D eigenvalue weighted by Crippen LogP contribution is 2.31. The molecule has 0 unspecified atom stereocenters. The third-order valence-electron chi connectivity index (χ3n) is 6.84. The third kappa shape index (κ3) is 4.01. The second-order valence-electron chi connectivity index (χ2n) is 9.03. The van der Waals surface area contributed by atoms with Crippen LogP contribution in [0.1, 0.15) is 34.9 Å². The molecule has 6 nitrogen and oxygen atoms in total. The van der Waals surface area contributed by atoms with Crippen LogP contribution in [0.5, 0.6) is 5.75 Å². The largest absolute Gasteiger partial charge is 0.497 e. The van der Waals surface area contributed by atoms with Crippen LogP contribution in [0.15, 0.2) is 78.9 Å². The van der Waals surface area contributed by atoms with Crippen LogP contribution >= 0.6 is 0 Å². The monoisotopic (exact) mass is 462 g/mol. The number of nitrogens with one attached hydrogen (secondary N) is 1. The molecule has 174 valence electrons. The molecule has 6 heteroatoms. The molecule has 3 aromatic carbocycles. The summed E-state index contributed by atoms with van der Waals surface area (Å²) in [6.45, 7) is 1.39. The van der Waals surface area contributed by atoms with Crippen molar-refractivity contribution in [1.82, 2.24) is 19.9 Å². The van der Waals surface area contributed by atoms with Gasteiger partial charge in [-0.15, -0.1) is 0 Å². The molecule has 1 amide bonds. The molecular weight excluding hydrogens is 436 g/mol. The standard InChI is InChI=1S/C29H26N4O2/c1-35-21-14-12-19(13-15-21)27-17-23(22-8-2-3-9-24(22)30-27)29(34)33-16-6-7-20(18-33)28-31-25-10-4-5-11-26(25)32-28/h2-5,8-15,17,20H,6-7,16,18H2,1H3,(H,31,32)/t20-/m1/s1. The molecule has 1 aliphatic rings. The fourth-order valence-corrected chi connectivity index (χ4v) is 4.98. The maximum Gasteiger partial charge on any atom is 0.254 e. The lowest BCUT2D eigenvalue weighted by Crippen LogP contribution is -2.39. The van der Waals surface area contributed by atoms with Crippen LogP contribution in [-0.2, 0) is 0 Å². The summed E-state index contributed by atoms with van der Waals surface area (Å²) in [6, 6.07) is 25.6. The lowest BCUT2D eigenvalue weighted by molar-refractivity contribution is 0.0707. The Hall–Kier alpha value is -4.19. The first-order valence-corrected chi connectivity index (χ1v) is 12.0. The first-order valence-electron chi connectivity index (χ1n) is 12.0. The van der Waals surface area contributed by atoms with Crippen molar-refractivity contribution in [1.29, 1.82) is 0 Å². The smallest absolute Gasteiger partial charge is 0.254 e. The Morgan fingerprint density at radius 1 is 0.971 bits per heavy atom. The van der Waals surface area contributed by atoms with Crippen molar-refractivity contribution in [3.63, 3.8) is 0 Å². The topological polar surface area (TPSA) is 71.1 Å². The van der Waals surface area contributed by atoms with Gasteiger partial charge in [-0.2, -0.15) is 0 Å². The second-order valence-corrected chi connectivity index (χ2v) is 9.03. The summed E-state index contributed by atoms with van der Waals surface area (Å²) >= 11 is 0. The number of methoxy groups -OCH3 is 1. The van der Waals surface area contributed by atoms with E-state index in [1.807, 2.05) is 83.8 Å².